The number of carbonyl (C=O) groups excluding carboxylic acids is 1. The van der Waals surface area contributed by atoms with Crippen LogP contribution in [0.4, 0.5) is 0 Å². The van der Waals surface area contributed by atoms with Gasteiger partial charge in [-0.2, -0.15) is 0 Å². The summed E-state index contributed by atoms with van der Waals surface area (Å²) in [7, 11) is 0. The van der Waals surface area contributed by atoms with Crippen molar-refractivity contribution < 1.29 is 19.7 Å². The van der Waals surface area contributed by atoms with Crippen molar-refractivity contribution in [3.63, 3.8) is 0 Å². The maximum Gasteiger partial charge on any atom is 0.359 e. The first kappa shape index (κ1) is 12.6. The van der Waals surface area contributed by atoms with Crippen molar-refractivity contribution in [1.82, 2.24) is 4.57 Å². The number of aliphatic hydroxyl groups excluding tert-OH is 1. The minimum Gasteiger partial charge on any atom is -0.505 e. The Kier molecular flexibility index (Phi) is 3.59. The second-order valence-electron chi connectivity index (χ2n) is 4.47. The van der Waals surface area contributed by atoms with Crippen LogP contribution in [0.25, 0.3) is 0 Å². The third kappa shape index (κ3) is 3.00. The summed E-state index contributed by atoms with van der Waals surface area (Å²) in [5.41, 5.74) is -0.540. The number of aromatic hydroxyl groups is 1. The first-order valence-electron chi connectivity index (χ1n) is 5.07. The van der Waals surface area contributed by atoms with E-state index in [0.29, 0.717) is 0 Å². The lowest BCUT2D eigenvalue weighted by Crippen LogP contribution is -2.25. The number of aliphatic hydroxyl groups is 1. The van der Waals surface area contributed by atoms with Gasteiger partial charge in [-0.15, -0.1) is 0 Å². The summed E-state index contributed by atoms with van der Waals surface area (Å²) in [6.45, 7) is 5.39. The molecule has 0 aliphatic carbocycles. The van der Waals surface area contributed by atoms with Crippen LogP contribution >= 0.6 is 0 Å². The third-order valence-corrected chi connectivity index (χ3v) is 1.88. The highest BCUT2D eigenvalue weighted by molar-refractivity contribution is 5.91. The summed E-state index contributed by atoms with van der Waals surface area (Å²) in [5.74, 6) is -0.730. The summed E-state index contributed by atoms with van der Waals surface area (Å²) >= 11 is 0. The fourth-order valence-corrected chi connectivity index (χ4v) is 1.30. The summed E-state index contributed by atoms with van der Waals surface area (Å²) < 4.78 is 6.61. The Morgan fingerprint density at radius 3 is 2.62 bits per heavy atom. The smallest absolute Gasteiger partial charge is 0.359 e. The van der Waals surface area contributed by atoms with Gasteiger partial charge < -0.3 is 19.5 Å². The summed E-state index contributed by atoms with van der Waals surface area (Å²) in [5, 5.41) is 18.3. The number of hydrogen-bond donors (Lipinski definition) is 2. The SMILES string of the molecule is CC(C)(C)OC(=O)c1c(O)ccn1CCO. The van der Waals surface area contributed by atoms with Gasteiger partial charge in [-0.05, 0) is 26.8 Å². The van der Waals surface area contributed by atoms with E-state index >= 15 is 0 Å². The predicted molar refractivity (Wildman–Crippen MR) is 58.4 cm³/mol. The maximum atomic E-state index is 11.8. The minimum absolute atomic E-state index is 0.0731. The summed E-state index contributed by atoms with van der Waals surface area (Å²) in [6.07, 6.45) is 1.53. The van der Waals surface area contributed by atoms with E-state index in [-0.39, 0.29) is 24.6 Å². The van der Waals surface area contributed by atoms with Gasteiger partial charge in [0.1, 0.15) is 11.4 Å². The molecule has 0 aromatic carbocycles. The van der Waals surface area contributed by atoms with Crippen molar-refractivity contribution in [3.05, 3.63) is 18.0 Å². The highest BCUT2D eigenvalue weighted by atomic mass is 16.6. The van der Waals surface area contributed by atoms with Crippen molar-refractivity contribution in [2.75, 3.05) is 6.61 Å². The van der Waals surface area contributed by atoms with Crippen LogP contribution in [0, 0.1) is 0 Å². The van der Waals surface area contributed by atoms with Gasteiger partial charge in [0, 0.05) is 12.7 Å². The molecule has 5 heteroatoms. The summed E-state index contributed by atoms with van der Waals surface area (Å²) in [4.78, 5) is 11.8. The van der Waals surface area contributed by atoms with Gasteiger partial charge in [0.2, 0.25) is 0 Å². The maximum absolute atomic E-state index is 11.8. The minimum atomic E-state index is -0.613. The average molecular weight is 227 g/mol. The highest BCUT2D eigenvalue weighted by Gasteiger charge is 2.23. The largest absolute Gasteiger partial charge is 0.505 e. The number of nitrogens with zero attached hydrogens (tertiary/aromatic N) is 1. The molecule has 0 fully saturated rings. The Hall–Kier alpha value is -1.49. The fourth-order valence-electron chi connectivity index (χ4n) is 1.30. The Morgan fingerprint density at radius 1 is 1.50 bits per heavy atom. The van der Waals surface area contributed by atoms with Gasteiger partial charge in [-0.25, -0.2) is 4.79 Å². The van der Waals surface area contributed by atoms with E-state index in [9.17, 15) is 9.90 Å². The Labute approximate surface area is 94.3 Å². The molecule has 0 spiro atoms. The molecular weight excluding hydrogens is 210 g/mol. The molecule has 0 atom stereocenters. The van der Waals surface area contributed by atoms with Crippen molar-refractivity contribution in [1.29, 1.82) is 0 Å². The molecule has 0 saturated heterocycles. The molecule has 0 aliphatic heterocycles. The molecule has 1 heterocycles. The number of hydrogen-bond acceptors (Lipinski definition) is 4. The molecule has 2 N–H and O–H groups in total. The van der Waals surface area contributed by atoms with Gasteiger partial charge in [0.25, 0.3) is 0 Å². The predicted octanol–water partition coefficient (Wildman–Crippen LogP) is 1.14. The van der Waals surface area contributed by atoms with Crippen LogP contribution in [-0.2, 0) is 11.3 Å². The van der Waals surface area contributed by atoms with Crippen LogP contribution in [0.3, 0.4) is 0 Å². The first-order valence-corrected chi connectivity index (χ1v) is 5.07. The van der Waals surface area contributed by atoms with Gasteiger partial charge in [0.05, 0.1) is 6.61 Å². The van der Waals surface area contributed by atoms with Crippen LogP contribution in [0.5, 0.6) is 5.75 Å². The topological polar surface area (TPSA) is 71.7 Å². The van der Waals surface area contributed by atoms with Crippen LogP contribution in [-0.4, -0.2) is 33.0 Å². The van der Waals surface area contributed by atoms with E-state index in [1.165, 1.54) is 16.8 Å². The van der Waals surface area contributed by atoms with E-state index in [0.717, 1.165) is 0 Å². The lowest BCUT2D eigenvalue weighted by molar-refractivity contribution is 0.00541. The van der Waals surface area contributed by atoms with Crippen LogP contribution in [0.1, 0.15) is 31.3 Å². The zero-order chi connectivity index (χ0) is 12.3. The van der Waals surface area contributed by atoms with Crippen molar-refractivity contribution in [2.24, 2.45) is 0 Å². The Balaban J connectivity index is 2.93. The van der Waals surface area contributed by atoms with E-state index in [1.54, 1.807) is 20.8 Å². The highest BCUT2D eigenvalue weighted by Crippen LogP contribution is 2.21. The molecule has 5 nitrogen and oxygen atoms in total. The number of esters is 1. The molecule has 0 bridgehead atoms. The fraction of sp³-hybridized carbons (Fsp3) is 0.545. The zero-order valence-corrected chi connectivity index (χ0v) is 9.73. The molecule has 0 radical (unpaired) electrons. The van der Waals surface area contributed by atoms with Gasteiger partial charge >= 0.3 is 5.97 Å². The molecule has 1 aromatic heterocycles. The summed E-state index contributed by atoms with van der Waals surface area (Å²) in [6, 6.07) is 1.40. The number of rotatable bonds is 3. The molecule has 0 unspecified atom stereocenters. The normalized spacial score (nSPS) is 11.5. The van der Waals surface area contributed by atoms with Gasteiger partial charge in [-0.3, -0.25) is 0 Å². The quantitative estimate of drug-likeness (QED) is 0.760. The van der Waals surface area contributed by atoms with Gasteiger partial charge in [-0.1, -0.05) is 0 Å². The van der Waals surface area contributed by atoms with Crippen LogP contribution in [0.2, 0.25) is 0 Å². The van der Waals surface area contributed by atoms with E-state index in [1.807, 2.05) is 0 Å². The molecule has 0 amide bonds. The Bertz CT molecular complexity index is 376. The standard InChI is InChI=1S/C11H17NO4/c1-11(2,3)16-10(15)9-8(14)4-5-12(9)6-7-13/h4-5,13-14H,6-7H2,1-3H3. The Morgan fingerprint density at radius 2 is 2.12 bits per heavy atom. The first-order chi connectivity index (χ1) is 7.35. The number of aromatic nitrogens is 1. The van der Waals surface area contributed by atoms with Crippen molar-refractivity contribution in [2.45, 2.75) is 32.9 Å². The molecule has 0 saturated carbocycles. The monoisotopic (exact) mass is 227 g/mol. The lowest BCUT2D eigenvalue weighted by atomic mass is 10.2. The van der Waals surface area contributed by atoms with Crippen molar-refractivity contribution in [3.8, 4) is 5.75 Å². The van der Waals surface area contributed by atoms with Crippen molar-refractivity contribution >= 4 is 5.97 Å². The second kappa shape index (κ2) is 4.57. The molecule has 1 rings (SSSR count). The molecule has 1 aromatic rings. The second-order valence-corrected chi connectivity index (χ2v) is 4.47. The van der Waals surface area contributed by atoms with E-state index in [2.05, 4.69) is 0 Å². The van der Waals surface area contributed by atoms with Gasteiger partial charge in [0.15, 0.2) is 5.69 Å². The van der Waals surface area contributed by atoms with Crippen LogP contribution < -0.4 is 0 Å². The third-order valence-electron chi connectivity index (χ3n) is 1.88. The number of ether oxygens (including phenoxy) is 1. The molecule has 16 heavy (non-hydrogen) atoms. The zero-order valence-electron chi connectivity index (χ0n) is 9.73. The van der Waals surface area contributed by atoms with Crippen LogP contribution in [0.15, 0.2) is 12.3 Å². The number of carbonyl (C=O) groups is 1. The van der Waals surface area contributed by atoms with E-state index in [4.69, 9.17) is 9.84 Å². The van der Waals surface area contributed by atoms with E-state index < -0.39 is 11.6 Å². The molecule has 0 aliphatic rings. The average Bonchev–Trinajstić information content (AvgIpc) is 2.44. The molecular formula is C11H17NO4. The lowest BCUT2D eigenvalue weighted by Gasteiger charge is -2.20. The molecule has 90 valence electrons.